The van der Waals surface area contributed by atoms with Crippen LogP contribution < -0.4 is 18.9 Å². The summed E-state index contributed by atoms with van der Waals surface area (Å²) in [5.41, 5.74) is 4.12. The van der Waals surface area contributed by atoms with Gasteiger partial charge in [0.2, 0.25) is 11.8 Å². The van der Waals surface area contributed by atoms with E-state index in [9.17, 15) is 4.79 Å². The van der Waals surface area contributed by atoms with Gasteiger partial charge < -0.3 is 23.4 Å². The van der Waals surface area contributed by atoms with Gasteiger partial charge in [-0.1, -0.05) is 24.3 Å². The number of hydrogen-bond donors (Lipinski definition) is 0. The van der Waals surface area contributed by atoms with E-state index in [0.717, 1.165) is 33.7 Å². The third-order valence-corrected chi connectivity index (χ3v) is 7.29. The summed E-state index contributed by atoms with van der Waals surface area (Å²) in [5, 5.41) is 14.5. The molecule has 0 saturated heterocycles. The fraction of sp³-hybridized carbons (Fsp3) is 0.176. The second-order valence-corrected chi connectivity index (χ2v) is 9.94. The van der Waals surface area contributed by atoms with Gasteiger partial charge in [0, 0.05) is 17.5 Å². The summed E-state index contributed by atoms with van der Waals surface area (Å²) in [6.07, 6.45) is 0.511. The highest BCUT2D eigenvalue weighted by molar-refractivity contribution is 6.03. The molecule has 1 unspecified atom stereocenters. The molecule has 10 nitrogen and oxygen atoms in total. The monoisotopic (exact) mass is 590 g/mol. The quantitative estimate of drug-likeness (QED) is 0.190. The van der Waals surface area contributed by atoms with Crippen molar-refractivity contribution in [2.45, 2.75) is 12.5 Å². The summed E-state index contributed by atoms with van der Waals surface area (Å²) in [6.45, 7) is -0.207. The molecule has 44 heavy (non-hydrogen) atoms. The van der Waals surface area contributed by atoms with Gasteiger partial charge in [-0.2, -0.15) is 5.10 Å². The molecule has 0 spiro atoms. The van der Waals surface area contributed by atoms with Crippen molar-refractivity contribution in [2.24, 2.45) is 5.10 Å². The number of ether oxygens (including phenoxy) is 4. The van der Waals surface area contributed by atoms with Crippen LogP contribution in [0.2, 0.25) is 0 Å². The zero-order valence-corrected chi connectivity index (χ0v) is 24.5. The maximum absolute atomic E-state index is 13.6. The molecule has 1 aliphatic heterocycles. The van der Waals surface area contributed by atoms with Gasteiger partial charge in [-0.15, -0.1) is 10.2 Å². The first-order valence-electron chi connectivity index (χ1n) is 13.9. The zero-order valence-electron chi connectivity index (χ0n) is 24.5. The van der Waals surface area contributed by atoms with Crippen LogP contribution in [0.25, 0.3) is 22.9 Å². The molecule has 0 aliphatic carbocycles. The van der Waals surface area contributed by atoms with Gasteiger partial charge >= 0.3 is 0 Å². The van der Waals surface area contributed by atoms with Gasteiger partial charge in [0.25, 0.3) is 5.91 Å². The van der Waals surface area contributed by atoms with Gasteiger partial charge in [-0.05, 0) is 83.9 Å². The highest BCUT2D eigenvalue weighted by Gasteiger charge is 2.34. The van der Waals surface area contributed by atoms with Crippen molar-refractivity contribution in [3.05, 3.63) is 108 Å². The standard InChI is InChI=1S/C34H30N4O6/c1-40-26-14-9-22(10-15-26)28-20-29(25-13-18-30(41-2)31(19-25)42-3)38(37-28)32(39)21-43-27-16-11-24(12-17-27)34-36-35-33(44-34)23-7-5-4-6-8-23/h4-19,29H,20-21H2,1-3H3. The van der Waals surface area contributed by atoms with Crippen molar-refractivity contribution >= 4 is 11.6 Å². The summed E-state index contributed by atoms with van der Waals surface area (Å²) in [6, 6.07) is 29.6. The number of hydrogen-bond acceptors (Lipinski definition) is 9. The largest absolute Gasteiger partial charge is 0.497 e. The van der Waals surface area contributed by atoms with E-state index >= 15 is 0 Å². The van der Waals surface area contributed by atoms with Crippen LogP contribution in [0, 0.1) is 0 Å². The lowest BCUT2D eigenvalue weighted by Gasteiger charge is -2.23. The van der Waals surface area contributed by atoms with Gasteiger partial charge in [0.15, 0.2) is 18.1 Å². The molecule has 0 fully saturated rings. The zero-order chi connectivity index (χ0) is 30.5. The first-order valence-corrected chi connectivity index (χ1v) is 13.9. The molecule has 0 saturated carbocycles. The molecular weight excluding hydrogens is 560 g/mol. The Morgan fingerprint density at radius 2 is 1.39 bits per heavy atom. The van der Waals surface area contributed by atoms with E-state index < -0.39 is 0 Å². The molecule has 222 valence electrons. The Bertz CT molecular complexity index is 1770. The summed E-state index contributed by atoms with van der Waals surface area (Å²) < 4.78 is 28.0. The number of rotatable bonds is 10. The van der Waals surface area contributed by atoms with Crippen LogP contribution in [-0.4, -0.2) is 54.8 Å². The van der Waals surface area contributed by atoms with Crippen molar-refractivity contribution in [2.75, 3.05) is 27.9 Å². The average Bonchev–Trinajstić information content (AvgIpc) is 3.77. The molecule has 1 aliphatic rings. The molecule has 0 bridgehead atoms. The maximum atomic E-state index is 13.6. The lowest BCUT2D eigenvalue weighted by atomic mass is 9.98. The van der Waals surface area contributed by atoms with Crippen LogP contribution in [-0.2, 0) is 4.79 Å². The van der Waals surface area contributed by atoms with Gasteiger partial charge in [0.1, 0.15) is 11.5 Å². The predicted molar refractivity (Wildman–Crippen MR) is 164 cm³/mol. The lowest BCUT2D eigenvalue weighted by molar-refractivity contribution is -0.135. The Morgan fingerprint density at radius 1 is 0.750 bits per heavy atom. The maximum Gasteiger partial charge on any atom is 0.281 e. The second-order valence-electron chi connectivity index (χ2n) is 9.94. The summed E-state index contributed by atoms with van der Waals surface area (Å²) in [7, 11) is 4.79. The van der Waals surface area contributed by atoms with Crippen molar-refractivity contribution in [1.82, 2.24) is 15.2 Å². The molecule has 5 aromatic rings. The third-order valence-electron chi connectivity index (χ3n) is 7.29. The van der Waals surface area contributed by atoms with Crippen molar-refractivity contribution in [3.63, 3.8) is 0 Å². The molecule has 0 radical (unpaired) electrons. The number of methoxy groups -OCH3 is 3. The summed E-state index contributed by atoms with van der Waals surface area (Å²) in [5.74, 6) is 2.98. The van der Waals surface area contributed by atoms with E-state index in [4.69, 9.17) is 28.5 Å². The van der Waals surface area contributed by atoms with Gasteiger partial charge in [0.05, 0.1) is 33.1 Å². The fourth-order valence-electron chi connectivity index (χ4n) is 4.96. The Balaban J connectivity index is 1.18. The van der Waals surface area contributed by atoms with E-state index in [2.05, 4.69) is 10.2 Å². The predicted octanol–water partition coefficient (Wildman–Crippen LogP) is 6.19. The number of benzene rings is 4. The van der Waals surface area contributed by atoms with Crippen molar-refractivity contribution < 1.29 is 28.2 Å². The lowest BCUT2D eigenvalue weighted by Crippen LogP contribution is -2.31. The number of carbonyl (C=O) groups is 1. The Morgan fingerprint density at radius 3 is 2.05 bits per heavy atom. The topological polar surface area (TPSA) is 109 Å². The van der Waals surface area contributed by atoms with Gasteiger partial charge in [-0.25, -0.2) is 5.01 Å². The van der Waals surface area contributed by atoms with E-state index in [1.54, 1.807) is 33.5 Å². The molecule has 1 aromatic heterocycles. The third kappa shape index (κ3) is 5.96. The van der Waals surface area contributed by atoms with Gasteiger partial charge in [-0.3, -0.25) is 4.79 Å². The smallest absolute Gasteiger partial charge is 0.281 e. The highest BCUT2D eigenvalue weighted by atomic mass is 16.5. The van der Waals surface area contributed by atoms with Crippen LogP contribution in [0.4, 0.5) is 0 Å². The number of carbonyl (C=O) groups excluding carboxylic acids is 1. The van der Waals surface area contributed by atoms with Crippen LogP contribution in [0.5, 0.6) is 23.0 Å². The first kappa shape index (κ1) is 28.5. The molecular formula is C34H30N4O6. The van der Waals surface area contributed by atoms with E-state index in [1.807, 2.05) is 84.9 Å². The molecule has 1 atom stereocenters. The first-order chi connectivity index (χ1) is 21.6. The van der Waals surface area contributed by atoms with Crippen LogP contribution in [0.3, 0.4) is 0 Å². The van der Waals surface area contributed by atoms with Crippen LogP contribution in [0.1, 0.15) is 23.6 Å². The minimum absolute atomic E-state index is 0.207. The van der Waals surface area contributed by atoms with Crippen LogP contribution in [0.15, 0.2) is 107 Å². The highest BCUT2D eigenvalue weighted by Crippen LogP contribution is 2.37. The van der Waals surface area contributed by atoms with E-state index in [0.29, 0.717) is 35.5 Å². The number of amides is 1. The number of hydrazone groups is 1. The summed E-state index contributed by atoms with van der Waals surface area (Å²) >= 11 is 0. The molecule has 0 N–H and O–H groups in total. The SMILES string of the molecule is COc1ccc(C2=NN(C(=O)COc3ccc(-c4nnc(-c5ccccc5)o4)cc3)C(c3ccc(OC)c(OC)c3)C2)cc1. The fourth-order valence-corrected chi connectivity index (χ4v) is 4.96. The van der Waals surface area contributed by atoms with Crippen LogP contribution >= 0.6 is 0 Å². The molecule has 2 heterocycles. The minimum Gasteiger partial charge on any atom is -0.497 e. The summed E-state index contributed by atoms with van der Waals surface area (Å²) in [4.78, 5) is 13.6. The molecule has 10 heteroatoms. The minimum atomic E-state index is -0.360. The molecule has 6 rings (SSSR count). The second kappa shape index (κ2) is 12.7. The molecule has 4 aromatic carbocycles. The Hall–Kier alpha value is -5.64. The Kier molecular flexibility index (Phi) is 8.22. The van der Waals surface area contributed by atoms with E-state index in [-0.39, 0.29) is 18.6 Å². The molecule has 1 amide bonds. The van der Waals surface area contributed by atoms with E-state index in [1.165, 1.54) is 5.01 Å². The number of aromatic nitrogens is 2. The average molecular weight is 591 g/mol. The Labute approximate surface area is 254 Å². The van der Waals surface area contributed by atoms with Crippen molar-refractivity contribution in [1.29, 1.82) is 0 Å². The van der Waals surface area contributed by atoms with Crippen molar-refractivity contribution in [3.8, 4) is 45.9 Å². The number of nitrogens with zero attached hydrogens (tertiary/aromatic N) is 4. The normalized spacial score (nSPS) is 14.2.